The van der Waals surface area contributed by atoms with Crippen LogP contribution in [0.4, 0.5) is 23.4 Å². The molecule has 1 unspecified atom stereocenters. The second kappa shape index (κ2) is 8.81. The summed E-state index contributed by atoms with van der Waals surface area (Å²) in [7, 11) is 0. The van der Waals surface area contributed by atoms with Crippen molar-refractivity contribution in [2.24, 2.45) is 5.41 Å². The molecule has 2 fully saturated rings. The standard InChI is InChI=1S/C26H22F4N4O4/c27-19-7-15(1-2-20(19)38-18-3-5-31-21(8-18)26(28,29)30)14-37-22-9-23-33-6-4-25(11-17(35)12-25)10-16(33)13-34(23)24(36)32-22/h1-3,5,7-9,16H,4,6,10-14H2. The van der Waals surface area contributed by atoms with E-state index in [4.69, 9.17) is 9.47 Å². The van der Waals surface area contributed by atoms with Gasteiger partial charge in [-0.1, -0.05) is 6.07 Å². The monoisotopic (exact) mass is 530 g/mol. The third-order valence-corrected chi connectivity index (χ3v) is 7.42. The number of ketones is 1. The average molecular weight is 530 g/mol. The van der Waals surface area contributed by atoms with Crippen molar-refractivity contribution in [1.29, 1.82) is 0 Å². The Kier molecular flexibility index (Phi) is 5.65. The van der Waals surface area contributed by atoms with Gasteiger partial charge in [0.15, 0.2) is 11.6 Å². The lowest BCUT2D eigenvalue weighted by molar-refractivity contribution is -0.141. The molecule has 1 saturated carbocycles. The lowest BCUT2D eigenvalue weighted by atomic mass is 9.61. The maximum atomic E-state index is 14.6. The number of Topliss-reactive ketones (excluding diaryl/α,β-unsaturated/α-hetero) is 1. The van der Waals surface area contributed by atoms with Crippen LogP contribution in [0.15, 0.2) is 47.4 Å². The number of anilines is 1. The Morgan fingerprint density at radius 2 is 1.92 bits per heavy atom. The van der Waals surface area contributed by atoms with Crippen LogP contribution < -0.4 is 20.1 Å². The van der Waals surface area contributed by atoms with Crippen molar-refractivity contribution < 1.29 is 31.8 Å². The molecule has 0 N–H and O–H groups in total. The van der Waals surface area contributed by atoms with Crippen molar-refractivity contribution in [3.8, 4) is 17.4 Å². The van der Waals surface area contributed by atoms with Gasteiger partial charge in [0.2, 0.25) is 5.88 Å². The van der Waals surface area contributed by atoms with Gasteiger partial charge in [-0.2, -0.15) is 18.2 Å². The maximum absolute atomic E-state index is 14.6. The number of nitrogens with zero attached hydrogens (tertiary/aromatic N) is 4. The number of hydrogen-bond acceptors (Lipinski definition) is 7. The van der Waals surface area contributed by atoms with Gasteiger partial charge in [0.25, 0.3) is 0 Å². The molecule has 12 heteroatoms. The summed E-state index contributed by atoms with van der Waals surface area (Å²) in [5.41, 5.74) is -1.10. The van der Waals surface area contributed by atoms with Crippen LogP contribution in [0.2, 0.25) is 0 Å². The van der Waals surface area contributed by atoms with Gasteiger partial charge in [-0.05, 0) is 42.0 Å². The lowest BCUT2D eigenvalue weighted by Gasteiger charge is -2.48. The highest BCUT2D eigenvalue weighted by atomic mass is 19.4. The predicted molar refractivity (Wildman–Crippen MR) is 126 cm³/mol. The van der Waals surface area contributed by atoms with Crippen molar-refractivity contribution in [2.45, 2.75) is 51.1 Å². The minimum atomic E-state index is -4.65. The van der Waals surface area contributed by atoms with Gasteiger partial charge in [-0.25, -0.2) is 9.18 Å². The molecular weight excluding hydrogens is 508 g/mol. The summed E-state index contributed by atoms with van der Waals surface area (Å²) in [5, 5.41) is 0. The number of halogens is 4. The van der Waals surface area contributed by atoms with Gasteiger partial charge in [-0.3, -0.25) is 14.3 Å². The zero-order valence-electron chi connectivity index (χ0n) is 20.0. The number of pyridine rings is 1. The molecule has 0 bridgehead atoms. The fourth-order valence-corrected chi connectivity index (χ4v) is 5.62. The van der Waals surface area contributed by atoms with Crippen LogP contribution in [0.5, 0.6) is 17.4 Å². The Balaban J connectivity index is 1.12. The van der Waals surface area contributed by atoms with Gasteiger partial charge in [-0.15, -0.1) is 0 Å². The van der Waals surface area contributed by atoms with Gasteiger partial charge in [0.1, 0.15) is 29.7 Å². The average Bonchev–Trinajstić information content (AvgIpc) is 3.21. The number of carbonyl (C=O) groups is 1. The summed E-state index contributed by atoms with van der Waals surface area (Å²) < 4.78 is 65.8. The highest BCUT2D eigenvalue weighted by molar-refractivity contribution is 5.86. The maximum Gasteiger partial charge on any atom is 0.433 e. The van der Waals surface area contributed by atoms with E-state index in [1.807, 2.05) is 0 Å². The van der Waals surface area contributed by atoms with Crippen molar-refractivity contribution in [2.75, 3.05) is 11.4 Å². The third-order valence-electron chi connectivity index (χ3n) is 7.42. The number of carbonyl (C=O) groups excluding carboxylic acids is 1. The van der Waals surface area contributed by atoms with E-state index in [-0.39, 0.29) is 35.4 Å². The SMILES string of the molecule is O=C1CC2(CCN3c4cc(OCc5ccc(Oc6ccnc(C(F)(F)F)c6)c(F)c5)nc(=O)n4CC3C2)C1. The van der Waals surface area contributed by atoms with E-state index in [1.165, 1.54) is 18.2 Å². The topological polar surface area (TPSA) is 86.6 Å². The number of benzene rings is 1. The summed E-state index contributed by atoms with van der Waals surface area (Å²) in [6.45, 7) is 1.18. The summed E-state index contributed by atoms with van der Waals surface area (Å²) in [4.78, 5) is 33.7. The number of hydrogen-bond donors (Lipinski definition) is 0. The second-order valence-electron chi connectivity index (χ2n) is 10.1. The normalized spacial score (nSPS) is 19.6. The molecule has 2 aromatic heterocycles. The van der Waals surface area contributed by atoms with Crippen LogP contribution in [0.25, 0.3) is 0 Å². The first-order chi connectivity index (χ1) is 18.1. The van der Waals surface area contributed by atoms with E-state index in [1.54, 1.807) is 10.6 Å². The Bertz CT molecular complexity index is 1480. The zero-order valence-corrected chi connectivity index (χ0v) is 20.0. The molecule has 1 aromatic carbocycles. The fraction of sp³-hybridized carbons (Fsp3) is 0.385. The minimum absolute atomic E-state index is 0.0641. The number of aromatic nitrogens is 3. The smallest absolute Gasteiger partial charge is 0.433 e. The largest absolute Gasteiger partial charge is 0.473 e. The molecule has 6 rings (SSSR count). The summed E-state index contributed by atoms with van der Waals surface area (Å²) in [5.74, 6) is -0.132. The summed E-state index contributed by atoms with van der Waals surface area (Å²) in [6.07, 6.45) is -0.725. The van der Waals surface area contributed by atoms with E-state index in [0.29, 0.717) is 36.8 Å². The van der Waals surface area contributed by atoms with Crippen LogP contribution in [0, 0.1) is 11.2 Å². The first kappa shape index (κ1) is 24.4. The van der Waals surface area contributed by atoms with Crippen LogP contribution in [0.1, 0.15) is 36.9 Å². The van der Waals surface area contributed by atoms with Crippen molar-refractivity contribution in [3.63, 3.8) is 0 Å². The van der Waals surface area contributed by atoms with Gasteiger partial charge in [0.05, 0.1) is 0 Å². The van der Waals surface area contributed by atoms with Crippen LogP contribution >= 0.6 is 0 Å². The zero-order chi connectivity index (χ0) is 26.7. The second-order valence-corrected chi connectivity index (χ2v) is 10.1. The minimum Gasteiger partial charge on any atom is -0.473 e. The molecule has 38 heavy (non-hydrogen) atoms. The summed E-state index contributed by atoms with van der Waals surface area (Å²) in [6, 6.07) is 7.64. The van der Waals surface area contributed by atoms with Crippen molar-refractivity contribution in [1.82, 2.24) is 14.5 Å². The van der Waals surface area contributed by atoms with Gasteiger partial charge in [0, 0.05) is 50.3 Å². The molecule has 1 aliphatic carbocycles. The molecule has 2 aliphatic heterocycles. The number of fused-ring (bicyclic) bond motifs is 3. The Morgan fingerprint density at radius 1 is 1.11 bits per heavy atom. The predicted octanol–water partition coefficient (Wildman–Crippen LogP) is 4.50. The first-order valence-electron chi connectivity index (χ1n) is 12.1. The molecule has 3 aromatic rings. The van der Waals surface area contributed by atoms with Crippen LogP contribution in [0.3, 0.4) is 0 Å². The number of piperidine rings is 1. The molecule has 8 nitrogen and oxygen atoms in total. The van der Waals surface area contributed by atoms with Gasteiger partial charge < -0.3 is 14.4 Å². The quantitative estimate of drug-likeness (QED) is 0.449. The fourth-order valence-electron chi connectivity index (χ4n) is 5.62. The van der Waals surface area contributed by atoms with Crippen LogP contribution in [-0.4, -0.2) is 32.9 Å². The van der Waals surface area contributed by atoms with E-state index in [0.717, 1.165) is 37.5 Å². The molecule has 3 aliphatic rings. The molecule has 0 amide bonds. The van der Waals surface area contributed by atoms with Crippen LogP contribution in [-0.2, 0) is 24.1 Å². The van der Waals surface area contributed by atoms with E-state index in [2.05, 4.69) is 14.9 Å². The van der Waals surface area contributed by atoms with E-state index >= 15 is 0 Å². The Labute approximate surface area is 213 Å². The van der Waals surface area contributed by atoms with Crippen molar-refractivity contribution >= 4 is 11.6 Å². The number of alkyl halides is 3. The highest BCUT2D eigenvalue weighted by Crippen LogP contribution is 2.50. The summed E-state index contributed by atoms with van der Waals surface area (Å²) >= 11 is 0. The highest BCUT2D eigenvalue weighted by Gasteiger charge is 2.50. The Hall–Kier alpha value is -3.96. The Morgan fingerprint density at radius 3 is 2.66 bits per heavy atom. The van der Waals surface area contributed by atoms with E-state index < -0.39 is 23.4 Å². The molecule has 198 valence electrons. The first-order valence-corrected chi connectivity index (χ1v) is 12.1. The molecule has 1 atom stereocenters. The van der Waals surface area contributed by atoms with Crippen molar-refractivity contribution in [3.05, 3.63) is 70.2 Å². The number of ether oxygens (including phenoxy) is 2. The molecule has 1 saturated heterocycles. The third kappa shape index (κ3) is 4.48. The molecule has 0 radical (unpaired) electrons. The van der Waals surface area contributed by atoms with E-state index in [9.17, 15) is 27.2 Å². The lowest BCUT2D eigenvalue weighted by Crippen LogP contribution is -2.51. The molecule has 4 heterocycles. The molecular formula is C26H22F4N4O4. The number of rotatable bonds is 5. The van der Waals surface area contributed by atoms with Gasteiger partial charge >= 0.3 is 11.9 Å². The molecule has 1 spiro atoms.